The lowest BCUT2D eigenvalue weighted by Crippen LogP contribution is -2.34. The largest absolute Gasteiger partial charge is 0.493 e. The van der Waals surface area contributed by atoms with Crippen LogP contribution in [-0.4, -0.2) is 46.2 Å². The molecule has 0 aliphatic heterocycles. The van der Waals surface area contributed by atoms with E-state index in [1.807, 2.05) is 12.1 Å². The minimum Gasteiger partial charge on any atom is -0.493 e. The van der Waals surface area contributed by atoms with Crippen LogP contribution in [0.25, 0.3) is 0 Å². The summed E-state index contributed by atoms with van der Waals surface area (Å²) < 4.78 is 15.8. The van der Waals surface area contributed by atoms with Crippen molar-refractivity contribution in [3.8, 4) is 17.2 Å². The van der Waals surface area contributed by atoms with Gasteiger partial charge in [0.25, 0.3) is 11.8 Å². The smallest absolute Gasteiger partial charge is 0.251 e. The average Bonchev–Trinajstić information content (AvgIpc) is 2.75. The first-order valence-electron chi connectivity index (χ1n) is 9.37. The Hall–Kier alpha value is -3.22. The molecule has 0 bridgehead atoms. The fourth-order valence-electron chi connectivity index (χ4n) is 2.79. The van der Waals surface area contributed by atoms with Crippen molar-refractivity contribution < 1.29 is 23.8 Å². The van der Waals surface area contributed by atoms with Gasteiger partial charge in [-0.15, -0.1) is 0 Å². The van der Waals surface area contributed by atoms with Crippen LogP contribution in [-0.2, 0) is 0 Å². The molecule has 0 fully saturated rings. The second-order valence-electron chi connectivity index (χ2n) is 6.70. The maximum atomic E-state index is 12.4. The van der Waals surface area contributed by atoms with Crippen LogP contribution < -0.4 is 24.8 Å². The second kappa shape index (κ2) is 10.4. The van der Waals surface area contributed by atoms with E-state index < -0.39 is 0 Å². The van der Waals surface area contributed by atoms with E-state index in [9.17, 15) is 9.59 Å². The Kier molecular flexibility index (Phi) is 7.88. The molecule has 2 rings (SSSR count). The number of amides is 2. The maximum absolute atomic E-state index is 12.4. The van der Waals surface area contributed by atoms with Crippen molar-refractivity contribution in [3.63, 3.8) is 0 Å². The van der Waals surface area contributed by atoms with Crippen LogP contribution in [0.4, 0.5) is 0 Å². The zero-order valence-corrected chi connectivity index (χ0v) is 17.5. The van der Waals surface area contributed by atoms with E-state index in [-0.39, 0.29) is 18.4 Å². The second-order valence-corrected chi connectivity index (χ2v) is 6.70. The molecule has 0 radical (unpaired) electrons. The van der Waals surface area contributed by atoms with Crippen molar-refractivity contribution in [2.45, 2.75) is 19.8 Å². The first kappa shape index (κ1) is 22.1. The summed E-state index contributed by atoms with van der Waals surface area (Å²) in [4.78, 5) is 24.6. The van der Waals surface area contributed by atoms with Crippen molar-refractivity contribution in [1.82, 2.24) is 10.6 Å². The number of hydrogen-bond donors (Lipinski definition) is 2. The third-order valence-corrected chi connectivity index (χ3v) is 4.46. The number of benzene rings is 2. The molecule has 0 aromatic heterocycles. The van der Waals surface area contributed by atoms with E-state index in [0.717, 1.165) is 0 Å². The summed E-state index contributed by atoms with van der Waals surface area (Å²) >= 11 is 0. The summed E-state index contributed by atoms with van der Waals surface area (Å²) in [7, 11) is 4.48. The molecule has 0 spiro atoms. The third kappa shape index (κ3) is 5.63. The summed E-state index contributed by atoms with van der Waals surface area (Å²) in [6.07, 6.45) is 0. The minimum atomic E-state index is -0.306. The van der Waals surface area contributed by atoms with Gasteiger partial charge in [-0.2, -0.15) is 0 Å². The molecule has 0 heterocycles. The number of carbonyl (C=O) groups is 2. The highest BCUT2D eigenvalue weighted by Crippen LogP contribution is 2.38. The van der Waals surface area contributed by atoms with Crippen molar-refractivity contribution in [2.75, 3.05) is 34.4 Å². The molecule has 7 heteroatoms. The average molecular weight is 400 g/mol. The van der Waals surface area contributed by atoms with Crippen molar-refractivity contribution >= 4 is 11.8 Å². The molecular formula is C22H28N2O5. The molecule has 0 saturated carbocycles. The van der Waals surface area contributed by atoms with Crippen molar-refractivity contribution in [2.24, 2.45) is 0 Å². The molecule has 29 heavy (non-hydrogen) atoms. The molecule has 2 N–H and O–H groups in total. The summed E-state index contributed by atoms with van der Waals surface area (Å²) in [6, 6.07) is 10.7. The number of carbonyl (C=O) groups excluding carboxylic acids is 2. The predicted octanol–water partition coefficient (Wildman–Crippen LogP) is 3.00. The maximum Gasteiger partial charge on any atom is 0.251 e. The Bertz CT molecular complexity index is 822. The highest BCUT2D eigenvalue weighted by Gasteiger charge is 2.16. The van der Waals surface area contributed by atoms with Gasteiger partial charge in [-0.05, 0) is 35.7 Å². The van der Waals surface area contributed by atoms with Crippen molar-refractivity contribution in [3.05, 3.63) is 53.1 Å². The number of nitrogens with one attached hydrogen (secondary N) is 2. The number of ether oxygens (including phenoxy) is 3. The van der Waals surface area contributed by atoms with Gasteiger partial charge < -0.3 is 24.8 Å². The van der Waals surface area contributed by atoms with Crippen LogP contribution >= 0.6 is 0 Å². The first-order chi connectivity index (χ1) is 13.9. The molecule has 0 saturated heterocycles. The molecule has 0 atom stereocenters. The van der Waals surface area contributed by atoms with Gasteiger partial charge in [-0.1, -0.05) is 26.0 Å². The fourth-order valence-corrected chi connectivity index (χ4v) is 2.79. The zero-order chi connectivity index (χ0) is 21.4. The first-order valence-corrected chi connectivity index (χ1v) is 9.37. The van der Waals surface area contributed by atoms with Gasteiger partial charge in [0.2, 0.25) is 5.75 Å². The van der Waals surface area contributed by atoms with E-state index >= 15 is 0 Å². The summed E-state index contributed by atoms with van der Waals surface area (Å²) in [6.45, 7) is 4.80. The van der Waals surface area contributed by atoms with Gasteiger partial charge in [0.15, 0.2) is 11.5 Å². The summed E-state index contributed by atoms with van der Waals surface area (Å²) in [5, 5.41) is 5.56. The summed E-state index contributed by atoms with van der Waals surface area (Å²) in [5.74, 6) is 1.15. The molecule has 0 aliphatic carbocycles. The van der Waals surface area contributed by atoms with Crippen LogP contribution in [0.3, 0.4) is 0 Å². The van der Waals surface area contributed by atoms with E-state index in [0.29, 0.717) is 40.8 Å². The van der Waals surface area contributed by atoms with E-state index in [1.165, 1.54) is 26.9 Å². The van der Waals surface area contributed by atoms with E-state index in [2.05, 4.69) is 24.5 Å². The van der Waals surface area contributed by atoms with Crippen LogP contribution in [0.15, 0.2) is 36.4 Å². The highest BCUT2D eigenvalue weighted by molar-refractivity contribution is 5.96. The molecule has 0 aliphatic rings. The van der Waals surface area contributed by atoms with Crippen LogP contribution in [0, 0.1) is 0 Å². The predicted molar refractivity (Wildman–Crippen MR) is 111 cm³/mol. The van der Waals surface area contributed by atoms with Gasteiger partial charge in [0, 0.05) is 24.2 Å². The number of methoxy groups -OCH3 is 3. The van der Waals surface area contributed by atoms with Gasteiger partial charge >= 0.3 is 0 Å². The topological polar surface area (TPSA) is 85.9 Å². The fraction of sp³-hybridized carbons (Fsp3) is 0.364. The third-order valence-electron chi connectivity index (χ3n) is 4.46. The zero-order valence-electron chi connectivity index (χ0n) is 17.5. The van der Waals surface area contributed by atoms with Crippen LogP contribution in [0.5, 0.6) is 17.2 Å². The quantitative estimate of drug-likeness (QED) is 0.632. The Labute approximate surface area is 171 Å². The lowest BCUT2D eigenvalue weighted by molar-refractivity contribution is 0.0927. The molecule has 2 aromatic carbocycles. The monoisotopic (exact) mass is 400 g/mol. The number of rotatable bonds is 9. The van der Waals surface area contributed by atoms with E-state index in [4.69, 9.17) is 14.2 Å². The molecule has 7 nitrogen and oxygen atoms in total. The van der Waals surface area contributed by atoms with Crippen molar-refractivity contribution in [1.29, 1.82) is 0 Å². The Morgan fingerprint density at radius 3 is 1.69 bits per heavy atom. The van der Waals surface area contributed by atoms with Gasteiger partial charge in [-0.3, -0.25) is 9.59 Å². The summed E-state index contributed by atoms with van der Waals surface area (Å²) in [5.41, 5.74) is 2.14. The Morgan fingerprint density at radius 1 is 0.793 bits per heavy atom. The lowest BCUT2D eigenvalue weighted by atomic mass is 10.0. The standard InChI is InChI=1S/C22H28N2O5/c1-14(2)15-6-8-16(9-7-15)21(25)23-10-11-24-22(26)17-12-18(27-3)20(29-5)19(13-17)28-4/h6-9,12-14H,10-11H2,1-5H3,(H,23,25)(H,24,26). The Balaban J connectivity index is 1.90. The van der Waals surface area contributed by atoms with Crippen LogP contribution in [0.1, 0.15) is 46.0 Å². The Morgan fingerprint density at radius 2 is 1.28 bits per heavy atom. The molecule has 156 valence electrons. The molecule has 2 amide bonds. The van der Waals surface area contributed by atoms with Gasteiger partial charge in [-0.25, -0.2) is 0 Å². The van der Waals surface area contributed by atoms with Gasteiger partial charge in [0.05, 0.1) is 21.3 Å². The molecular weight excluding hydrogens is 372 g/mol. The van der Waals surface area contributed by atoms with Gasteiger partial charge in [0.1, 0.15) is 0 Å². The van der Waals surface area contributed by atoms with E-state index in [1.54, 1.807) is 24.3 Å². The lowest BCUT2D eigenvalue weighted by Gasteiger charge is -2.14. The minimum absolute atomic E-state index is 0.178. The van der Waals surface area contributed by atoms with Crippen LogP contribution in [0.2, 0.25) is 0 Å². The molecule has 2 aromatic rings. The molecule has 0 unspecified atom stereocenters. The highest BCUT2D eigenvalue weighted by atomic mass is 16.5. The SMILES string of the molecule is COc1cc(C(=O)NCCNC(=O)c2ccc(C(C)C)cc2)cc(OC)c1OC. The number of hydrogen-bond acceptors (Lipinski definition) is 5. The normalized spacial score (nSPS) is 10.4.